The predicted molar refractivity (Wildman–Crippen MR) is 93.1 cm³/mol. The summed E-state index contributed by atoms with van der Waals surface area (Å²) in [5.74, 6) is -0.135. The molecule has 1 amide bonds. The van der Waals surface area contributed by atoms with Gasteiger partial charge in [0.25, 0.3) is 5.91 Å². The van der Waals surface area contributed by atoms with E-state index in [1.807, 2.05) is 18.2 Å². The third kappa shape index (κ3) is 3.08. The van der Waals surface area contributed by atoms with Crippen LogP contribution in [0.15, 0.2) is 55.2 Å². The highest BCUT2D eigenvalue weighted by Gasteiger charge is 2.13. The molecule has 0 aliphatic rings. The summed E-state index contributed by atoms with van der Waals surface area (Å²) in [7, 11) is 3.38. The highest BCUT2D eigenvalue weighted by atomic mass is 16.2. The van der Waals surface area contributed by atoms with E-state index in [4.69, 9.17) is 5.73 Å². The number of nitrogen functional groups attached to an aromatic ring is 1. The second-order valence-electron chi connectivity index (χ2n) is 5.56. The molecule has 24 heavy (non-hydrogen) atoms. The molecule has 0 radical (unpaired) electrons. The van der Waals surface area contributed by atoms with Crippen molar-refractivity contribution in [1.82, 2.24) is 19.9 Å². The Morgan fingerprint density at radius 3 is 2.33 bits per heavy atom. The maximum Gasteiger partial charge on any atom is 0.254 e. The van der Waals surface area contributed by atoms with E-state index in [2.05, 4.69) is 15.0 Å². The SMILES string of the molecule is CN(C)C(=O)c1cnc(-c2cncc(-c3ccncc3)c2)c(N)c1. The number of aromatic nitrogens is 3. The first-order chi connectivity index (χ1) is 11.6. The van der Waals surface area contributed by atoms with Gasteiger partial charge in [-0.1, -0.05) is 0 Å². The Balaban J connectivity index is 1.99. The average molecular weight is 319 g/mol. The van der Waals surface area contributed by atoms with Crippen molar-refractivity contribution in [1.29, 1.82) is 0 Å². The maximum absolute atomic E-state index is 12.0. The van der Waals surface area contributed by atoms with Gasteiger partial charge in [0, 0.05) is 56.2 Å². The van der Waals surface area contributed by atoms with Gasteiger partial charge in [-0.3, -0.25) is 19.7 Å². The van der Waals surface area contributed by atoms with Gasteiger partial charge in [0.2, 0.25) is 0 Å². The third-order valence-corrected chi connectivity index (χ3v) is 3.60. The van der Waals surface area contributed by atoms with Crippen LogP contribution in [0.1, 0.15) is 10.4 Å². The lowest BCUT2D eigenvalue weighted by Crippen LogP contribution is -2.22. The Hall–Kier alpha value is -3.28. The van der Waals surface area contributed by atoms with Crippen LogP contribution in [-0.4, -0.2) is 39.9 Å². The fraction of sp³-hybridized carbons (Fsp3) is 0.111. The van der Waals surface area contributed by atoms with Gasteiger partial charge >= 0.3 is 0 Å². The number of hydrogen-bond donors (Lipinski definition) is 1. The molecule has 0 fully saturated rings. The first-order valence-electron chi connectivity index (χ1n) is 7.39. The van der Waals surface area contributed by atoms with Crippen LogP contribution < -0.4 is 5.73 Å². The molecule has 3 rings (SSSR count). The quantitative estimate of drug-likeness (QED) is 0.801. The molecule has 0 unspecified atom stereocenters. The first-order valence-corrected chi connectivity index (χ1v) is 7.39. The molecule has 3 aromatic heterocycles. The summed E-state index contributed by atoms with van der Waals surface area (Å²) in [4.78, 5) is 26.1. The minimum atomic E-state index is -0.135. The van der Waals surface area contributed by atoms with E-state index in [1.165, 1.54) is 11.1 Å². The van der Waals surface area contributed by atoms with Crippen LogP contribution in [0, 0.1) is 0 Å². The first kappa shape index (κ1) is 15.6. The molecule has 120 valence electrons. The van der Waals surface area contributed by atoms with Crippen LogP contribution in [0.5, 0.6) is 0 Å². The van der Waals surface area contributed by atoms with Crippen LogP contribution >= 0.6 is 0 Å². The number of hydrogen-bond acceptors (Lipinski definition) is 5. The zero-order valence-electron chi connectivity index (χ0n) is 13.5. The third-order valence-electron chi connectivity index (χ3n) is 3.60. The Bertz CT molecular complexity index is 878. The lowest BCUT2D eigenvalue weighted by Gasteiger charge is -2.12. The summed E-state index contributed by atoms with van der Waals surface area (Å²) in [5, 5.41) is 0. The zero-order chi connectivity index (χ0) is 17.1. The Morgan fingerprint density at radius 1 is 0.958 bits per heavy atom. The van der Waals surface area contributed by atoms with Gasteiger partial charge in [-0.2, -0.15) is 0 Å². The Morgan fingerprint density at radius 2 is 1.67 bits per heavy atom. The van der Waals surface area contributed by atoms with E-state index in [0.29, 0.717) is 16.9 Å². The second kappa shape index (κ2) is 6.45. The molecule has 0 bridgehead atoms. The molecule has 2 N–H and O–H groups in total. The summed E-state index contributed by atoms with van der Waals surface area (Å²) in [6.45, 7) is 0. The fourth-order valence-corrected chi connectivity index (χ4v) is 2.37. The van der Waals surface area contributed by atoms with Crippen LogP contribution in [0.3, 0.4) is 0 Å². The molecule has 0 aliphatic heterocycles. The maximum atomic E-state index is 12.0. The van der Waals surface area contributed by atoms with Gasteiger partial charge in [-0.05, 0) is 29.8 Å². The molecule has 6 heteroatoms. The van der Waals surface area contributed by atoms with Crippen molar-refractivity contribution in [2.45, 2.75) is 0 Å². The van der Waals surface area contributed by atoms with Gasteiger partial charge in [-0.15, -0.1) is 0 Å². The Kier molecular flexibility index (Phi) is 4.20. The van der Waals surface area contributed by atoms with Gasteiger partial charge in [0.15, 0.2) is 0 Å². The second-order valence-corrected chi connectivity index (χ2v) is 5.56. The molecule has 0 saturated carbocycles. The van der Waals surface area contributed by atoms with E-state index in [1.54, 1.807) is 44.9 Å². The highest BCUT2D eigenvalue weighted by Crippen LogP contribution is 2.27. The molecule has 0 aliphatic carbocycles. The van der Waals surface area contributed by atoms with Gasteiger partial charge in [0.1, 0.15) is 0 Å². The molecule has 0 aromatic carbocycles. The average Bonchev–Trinajstić information content (AvgIpc) is 2.61. The molecule has 6 nitrogen and oxygen atoms in total. The normalized spacial score (nSPS) is 10.4. The van der Waals surface area contributed by atoms with E-state index in [0.717, 1.165) is 16.7 Å². The highest BCUT2D eigenvalue weighted by molar-refractivity contribution is 5.95. The van der Waals surface area contributed by atoms with Gasteiger partial charge < -0.3 is 10.6 Å². The lowest BCUT2D eigenvalue weighted by molar-refractivity contribution is 0.0827. The van der Waals surface area contributed by atoms with Crippen molar-refractivity contribution in [3.8, 4) is 22.4 Å². The zero-order valence-corrected chi connectivity index (χ0v) is 13.5. The number of amides is 1. The monoisotopic (exact) mass is 319 g/mol. The molecule has 3 aromatic rings. The van der Waals surface area contributed by atoms with E-state index in [9.17, 15) is 4.79 Å². The van der Waals surface area contributed by atoms with Crippen molar-refractivity contribution in [2.24, 2.45) is 0 Å². The molecule has 0 atom stereocenters. The van der Waals surface area contributed by atoms with Crippen molar-refractivity contribution >= 4 is 11.6 Å². The molecular formula is C18H17N5O. The minimum Gasteiger partial charge on any atom is -0.397 e. The minimum absolute atomic E-state index is 0.135. The summed E-state index contributed by atoms with van der Waals surface area (Å²) < 4.78 is 0. The number of carbonyl (C=O) groups is 1. The van der Waals surface area contributed by atoms with Gasteiger partial charge in [0.05, 0.1) is 16.9 Å². The Labute approximate surface area is 140 Å². The lowest BCUT2D eigenvalue weighted by atomic mass is 10.0. The summed E-state index contributed by atoms with van der Waals surface area (Å²) in [6.07, 6.45) is 8.48. The number of anilines is 1. The standard InChI is InChI=1S/C18H17N5O/c1-23(2)18(24)15-8-16(19)17(22-11-15)14-7-13(9-21-10-14)12-3-5-20-6-4-12/h3-11H,19H2,1-2H3. The summed E-state index contributed by atoms with van der Waals surface area (Å²) in [5.41, 5.74) is 10.4. The van der Waals surface area contributed by atoms with E-state index in [-0.39, 0.29) is 5.91 Å². The van der Waals surface area contributed by atoms with Crippen molar-refractivity contribution in [3.63, 3.8) is 0 Å². The molecule has 0 saturated heterocycles. The fourth-order valence-electron chi connectivity index (χ4n) is 2.37. The topological polar surface area (TPSA) is 85.0 Å². The van der Waals surface area contributed by atoms with E-state index >= 15 is 0 Å². The van der Waals surface area contributed by atoms with Crippen LogP contribution in [0.2, 0.25) is 0 Å². The van der Waals surface area contributed by atoms with Crippen molar-refractivity contribution in [2.75, 3.05) is 19.8 Å². The van der Waals surface area contributed by atoms with E-state index < -0.39 is 0 Å². The number of nitrogens with two attached hydrogens (primary N) is 1. The summed E-state index contributed by atoms with van der Waals surface area (Å²) >= 11 is 0. The van der Waals surface area contributed by atoms with Crippen LogP contribution in [0.4, 0.5) is 5.69 Å². The predicted octanol–water partition coefficient (Wildman–Crippen LogP) is 2.49. The number of carbonyl (C=O) groups excluding carboxylic acids is 1. The molecule has 3 heterocycles. The largest absolute Gasteiger partial charge is 0.397 e. The van der Waals surface area contributed by atoms with Crippen molar-refractivity contribution in [3.05, 3.63) is 60.8 Å². The molecular weight excluding hydrogens is 302 g/mol. The van der Waals surface area contributed by atoms with Gasteiger partial charge in [-0.25, -0.2) is 0 Å². The van der Waals surface area contributed by atoms with Crippen molar-refractivity contribution < 1.29 is 4.79 Å². The summed E-state index contributed by atoms with van der Waals surface area (Å²) in [6, 6.07) is 7.44. The molecule has 0 spiro atoms. The number of nitrogens with zero attached hydrogens (tertiary/aromatic N) is 4. The smallest absolute Gasteiger partial charge is 0.254 e. The van der Waals surface area contributed by atoms with Crippen LogP contribution in [0.25, 0.3) is 22.4 Å². The van der Waals surface area contributed by atoms with Crippen LogP contribution in [-0.2, 0) is 0 Å². The number of pyridine rings is 3. The number of rotatable bonds is 3.